The summed E-state index contributed by atoms with van der Waals surface area (Å²) in [7, 11) is 1.65. The fraction of sp³-hybridized carbons (Fsp3) is 0.316. The van der Waals surface area contributed by atoms with Crippen molar-refractivity contribution >= 4 is 23.0 Å². The van der Waals surface area contributed by atoms with E-state index in [1.165, 1.54) is 12.8 Å². The topological polar surface area (TPSA) is 50.4 Å². The van der Waals surface area contributed by atoms with E-state index in [9.17, 15) is 4.79 Å². The first-order valence-corrected chi connectivity index (χ1v) is 8.07. The third-order valence-electron chi connectivity index (χ3n) is 4.26. The van der Waals surface area contributed by atoms with Gasteiger partial charge in [-0.2, -0.15) is 0 Å². The minimum Gasteiger partial charge on any atom is -0.495 e. The van der Waals surface area contributed by atoms with Gasteiger partial charge in [0.2, 0.25) is 5.91 Å². The average Bonchev–Trinajstić information content (AvgIpc) is 3.12. The standard InChI is InChI=1S/C19H22N2O2/c1-23-18-9-5-4-8-17(18)20-15-10-12-16(13-11-15)21-19(22)14-6-2-3-7-14/h4-5,8-14,20H,2-3,6-7H2,1H3,(H,21,22). The first-order valence-electron chi connectivity index (χ1n) is 8.07. The third-order valence-corrected chi connectivity index (χ3v) is 4.26. The van der Waals surface area contributed by atoms with Crippen LogP contribution < -0.4 is 15.4 Å². The lowest BCUT2D eigenvalue weighted by Crippen LogP contribution is -2.20. The molecule has 0 unspecified atom stereocenters. The van der Waals surface area contributed by atoms with Crippen LogP contribution in [0.4, 0.5) is 17.1 Å². The number of amides is 1. The quantitative estimate of drug-likeness (QED) is 0.850. The van der Waals surface area contributed by atoms with Crippen LogP contribution in [0.1, 0.15) is 25.7 Å². The number of ether oxygens (including phenoxy) is 1. The van der Waals surface area contributed by atoms with Crippen molar-refractivity contribution in [3.05, 3.63) is 48.5 Å². The maximum absolute atomic E-state index is 12.1. The summed E-state index contributed by atoms with van der Waals surface area (Å²) in [4.78, 5) is 12.1. The van der Waals surface area contributed by atoms with Crippen molar-refractivity contribution in [2.75, 3.05) is 17.7 Å². The molecular formula is C19H22N2O2. The summed E-state index contributed by atoms with van der Waals surface area (Å²) in [6.07, 6.45) is 4.36. The van der Waals surface area contributed by atoms with Crippen molar-refractivity contribution in [1.82, 2.24) is 0 Å². The van der Waals surface area contributed by atoms with Gasteiger partial charge < -0.3 is 15.4 Å². The Balaban J connectivity index is 1.63. The number of para-hydroxylation sites is 2. The van der Waals surface area contributed by atoms with Crippen molar-refractivity contribution in [2.45, 2.75) is 25.7 Å². The zero-order chi connectivity index (χ0) is 16.1. The fourth-order valence-corrected chi connectivity index (χ4v) is 2.97. The number of hydrogen-bond acceptors (Lipinski definition) is 3. The molecule has 1 aliphatic rings. The Labute approximate surface area is 136 Å². The van der Waals surface area contributed by atoms with Gasteiger partial charge in [-0.3, -0.25) is 4.79 Å². The highest BCUT2D eigenvalue weighted by Gasteiger charge is 2.22. The first kappa shape index (κ1) is 15.4. The highest BCUT2D eigenvalue weighted by atomic mass is 16.5. The molecule has 0 aromatic heterocycles. The Morgan fingerprint density at radius 1 is 1.00 bits per heavy atom. The molecular weight excluding hydrogens is 288 g/mol. The van der Waals surface area contributed by atoms with Gasteiger partial charge in [-0.1, -0.05) is 25.0 Å². The van der Waals surface area contributed by atoms with E-state index in [0.29, 0.717) is 0 Å². The SMILES string of the molecule is COc1ccccc1Nc1ccc(NC(=O)C2CCCC2)cc1. The van der Waals surface area contributed by atoms with Crippen LogP contribution in [0.25, 0.3) is 0 Å². The molecule has 0 spiro atoms. The normalized spacial score (nSPS) is 14.5. The van der Waals surface area contributed by atoms with E-state index in [-0.39, 0.29) is 11.8 Å². The summed E-state index contributed by atoms with van der Waals surface area (Å²) in [5.41, 5.74) is 2.71. The molecule has 23 heavy (non-hydrogen) atoms. The van der Waals surface area contributed by atoms with Gasteiger partial charge in [-0.25, -0.2) is 0 Å². The molecule has 2 aromatic rings. The van der Waals surface area contributed by atoms with E-state index >= 15 is 0 Å². The van der Waals surface area contributed by atoms with Gasteiger partial charge >= 0.3 is 0 Å². The summed E-state index contributed by atoms with van der Waals surface area (Å²) in [6, 6.07) is 15.5. The molecule has 1 aliphatic carbocycles. The van der Waals surface area contributed by atoms with Crippen LogP contribution in [0.15, 0.2) is 48.5 Å². The monoisotopic (exact) mass is 310 g/mol. The maximum atomic E-state index is 12.1. The van der Waals surface area contributed by atoms with Crippen LogP contribution in [0.3, 0.4) is 0 Å². The number of nitrogens with one attached hydrogen (secondary N) is 2. The lowest BCUT2D eigenvalue weighted by atomic mass is 10.1. The molecule has 0 heterocycles. The molecule has 2 aromatic carbocycles. The Hall–Kier alpha value is -2.49. The summed E-state index contributed by atoms with van der Waals surface area (Å²) >= 11 is 0. The van der Waals surface area contributed by atoms with Crippen LogP contribution in [0, 0.1) is 5.92 Å². The largest absolute Gasteiger partial charge is 0.495 e. The second-order valence-corrected chi connectivity index (χ2v) is 5.87. The molecule has 0 saturated heterocycles. The molecule has 4 nitrogen and oxygen atoms in total. The molecule has 1 saturated carbocycles. The molecule has 0 radical (unpaired) electrons. The fourth-order valence-electron chi connectivity index (χ4n) is 2.97. The van der Waals surface area contributed by atoms with Gasteiger partial charge in [0.25, 0.3) is 0 Å². The number of benzene rings is 2. The molecule has 2 N–H and O–H groups in total. The molecule has 4 heteroatoms. The zero-order valence-corrected chi connectivity index (χ0v) is 13.3. The number of methoxy groups -OCH3 is 1. The van der Waals surface area contributed by atoms with Crippen molar-refractivity contribution in [2.24, 2.45) is 5.92 Å². The van der Waals surface area contributed by atoms with Gasteiger partial charge in [0.1, 0.15) is 5.75 Å². The van der Waals surface area contributed by atoms with E-state index in [0.717, 1.165) is 35.7 Å². The van der Waals surface area contributed by atoms with Crippen molar-refractivity contribution < 1.29 is 9.53 Å². The number of anilines is 3. The highest BCUT2D eigenvalue weighted by molar-refractivity contribution is 5.92. The van der Waals surface area contributed by atoms with Gasteiger partial charge in [-0.15, -0.1) is 0 Å². The lowest BCUT2D eigenvalue weighted by molar-refractivity contribution is -0.119. The second kappa shape index (κ2) is 7.18. The van der Waals surface area contributed by atoms with E-state index in [1.807, 2.05) is 48.5 Å². The summed E-state index contributed by atoms with van der Waals surface area (Å²) in [5.74, 6) is 1.13. The average molecular weight is 310 g/mol. The molecule has 1 amide bonds. The van der Waals surface area contributed by atoms with Crippen LogP contribution in [-0.2, 0) is 4.79 Å². The van der Waals surface area contributed by atoms with E-state index in [4.69, 9.17) is 4.74 Å². The van der Waals surface area contributed by atoms with Crippen LogP contribution in [0.2, 0.25) is 0 Å². The predicted molar refractivity (Wildman–Crippen MR) is 93.3 cm³/mol. The number of rotatable bonds is 5. The summed E-state index contributed by atoms with van der Waals surface area (Å²) in [6.45, 7) is 0. The van der Waals surface area contributed by atoms with E-state index in [1.54, 1.807) is 7.11 Å². The molecule has 3 rings (SSSR count). The van der Waals surface area contributed by atoms with Crippen LogP contribution in [0.5, 0.6) is 5.75 Å². The Morgan fingerprint density at radius 2 is 1.65 bits per heavy atom. The van der Waals surface area contributed by atoms with Gasteiger partial charge in [0.15, 0.2) is 0 Å². The van der Waals surface area contributed by atoms with Gasteiger partial charge in [0.05, 0.1) is 12.8 Å². The third kappa shape index (κ3) is 3.83. The molecule has 0 bridgehead atoms. The number of hydrogen-bond donors (Lipinski definition) is 2. The number of carbonyl (C=O) groups excluding carboxylic acids is 1. The Morgan fingerprint density at radius 3 is 2.35 bits per heavy atom. The summed E-state index contributed by atoms with van der Waals surface area (Å²) < 4.78 is 5.33. The molecule has 120 valence electrons. The van der Waals surface area contributed by atoms with Crippen LogP contribution in [-0.4, -0.2) is 13.0 Å². The lowest BCUT2D eigenvalue weighted by Gasteiger charge is -2.13. The Kier molecular flexibility index (Phi) is 4.81. The molecule has 0 aliphatic heterocycles. The van der Waals surface area contributed by atoms with Crippen molar-refractivity contribution in [1.29, 1.82) is 0 Å². The van der Waals surface area contributed by atoms with Crippen molar-refractivity contribution in [3.8, 4) is 5.75 Å². The maximum Gasteiger partial charge on any atom is 0.227 e. The summed E-state index contributed by atoms with van der Waals surface area (Å²) in [5, 5.41) is 6.33. The minimum absolute atomic E-state index is 0.146. The molecule has 0 atom stereocenters. The minimum atomic E-state index is 0.146. The Bertz CT molecular complexity index is 661. The smallest absolute Gasteiger partial charge is 0.227 e. The van der Waals surface area contributed by atoms with Crippen molar-refractivity contribution in [3.63, 3.8) is 0 Å². The number of carbonyl (C=O) groups is 1. The van der Waals surface area contributed by atoms with Gasteiger partial charge in [-0.05, 0) is 49.2 Å². The highest BCUT2D eigenvalue weighted by Crippen LogP contribution is 2.28. The zero-order valence-electron chi connectivity index (χ0n) is 13.3. The van der Waals surface area contributed by atoms with E-state index in [2.05, 4.69) is 10.6 Å². The first-order chi connectivity index (χ1) is 11.3. The van der Waals surface area contributed by atoms with E-state index < -0.39 is 0 Å². The second-order valence-electron chi connectivity index (χ2n) is 5.87. The molecule has 1 fully saturated rings. The van der Waals surface area contributed by atoms with Crippen LogP contribution >= 0.6 is 0 Å². The predicted octanol–water partition coefficient (Wildman–Crippen LogP) is 4.57. The van der Waals surface area contributed by atoms with Gasteiger partial charge in [0, 0.05) is 17.3 Å².